The Labute approximate surface area is 104 Å². The molecule has 2 atom stereocenters. The lowest BCUT2D eigenvalue weighted by molar-refractivity contribution is -0.0448. The second kappa shape index (κ2) is 5.65. The molecule has 100 valence electrons. The van der Waals surface area contributed by atoms with Gasteiger partial charge in [0.05, 0.1) is 18.5 Å². The van der Waals surface area contributed by atoms with Crippen LogP contribution < -0.4 is 4.72 Å². The number of fused-ring (bicyclic) bond motifs is 1. The molecular weight excluding hydrogens is 240 g/mol. The number of rotatable bonds is 5. The lowest BCUT2D eigenvalue weighted by Crippen LogP contribution is -2.50. The van der Waals surface area contributed by atoms with Gasteiger partial charge in [0.25, 0.3) is 0 Å². The Morgan fingerprint density at radius 2 is 2.29 bits per heavy atom. The SMILES string of the molecule is CCCS(=O)(=O)NCC1CN2CCCC2CO1. The molecule has 2 heterocycles. The molecule has 2 unspecified atom stereocenters. The first kappa shape index (κ1) is 13.3. The molecule has 0 radical (unpaired) electrons. The van der Waals surface area contributed by atoms with Crippen LogP contribution in [0.15, 0.2) is 0 Å². The van der Waals surface area contributed by atoms with Gasteiger partial charge < -0.3 is 4.74 Å². The van der Waals surface area contributed by atoms with Crippen LogP contribution in [-0.2, 0) is 14.8 Å². The van der Waals surface area contributed by atoms with Crippen molar-refractivity contribution >= 4 is 10.0 Å². The van der Waals surface area contributed by atoms with Gasteiger partial charge in [0.2, 0.25) is 10.0 Å². The van der Waals surface area contributed by atoms with Crippen LogP contribution in [0.2, 0.25) is 0 Å². The molecule has 0 bridgehead atoms. The summed E-state index contributed by atoms with van der Waals surface area (Å²) in [6.07, 6.45) is 3.11. The van der Waals surface area contributed by atoms with Gasteiger partial charge in [-0.2, -0.15) is 0 Å². The topological polar surface area (TPSA) is 58.6 Å². The Morgan fingerprint density at radius 3 is 3.06 bits per heavy atom. The maximum Gasteiger partial charge on any atom is 0.211 e. The van der Waals surface area contributed by atoms with Crippen LogP contribution >= 0.6 is 0 Å². The lowest BCUT2D eigenvalue weighted by Gasteiger charge is -2.35. The van der Waals surface area contributed by atoms with Gasteiger partial charge in [0, 0.05) is 19.1 Å². The van der Waals surface area contributed by atoms with Crippen LogP contribution in [0.1, 0.15) is 26.2 Å². The van der Waals surface area contributed by atoms with Crippen molar-refractivity contribution in [1.82, 2.24) is 9.62 Å². The first-order chi connectivity index (χ1) is 8.11. The molecule has 6 heteroatoms. The Kier molecular flexibility index (Phi) is 4.41. The highest BCUT2D eigenvalue weighted by Crippen LogP contribution is 2.22. The van der Waals surface area contributed by atoms with Gasteiger partial charge in [-0.25, -0.2) is 13.1 Å². The van der Waals surface area contributed by atoms with E-state index in [2.05, 4.69) is 9.62 Å². The van der Waals surface area contributed by atoms with Gasteiger partial charge in [-0.3, -0.25) is 4.90 Å². The van der Waals surface area contributed by atoms with E-state index in [1.807, 2.05) is 6.92 Å². The molecule has 0 amide bonds. The van der Waals surface area contributed by atoms with Crippen LogP contribution in [0, 0.1) is 0 Å². The summed E-state index contributed by atoms with van der Waals surface area (Å²) in [6, 6.07) is 0.568. The van der Waals surface area contributed by atoms with E-state index in [0.717, 1.165) is 19.7 Å². The molecule has 2 fully saturated rings. The molecule has 2 aliphatic heterocycles. The third-order valence-electron chi connectivity index (χ3n) is 3.47. The van der Waals surface area contributed by atoms with Gasteiger partial charge in [-0.05, 0) is 25.8 Å². The maximum absolute atomic E-state index is 11.5. The Bertz CT molecular complexity index is 345. The average Bonchev–Trinajstić information content (AvgIpc) is 2.73. The first-order valence-corrected chi connectivity index (χ1v) is 8.09. The van der Waals surface area contributed by atoms with Crippen LogP contribution in [0.4, 0.5) is 0 Å². The summed E-state index contributed by atoms with van der Waals surface area (Å²) in [5.41, 5.74) is 0. The number of morpholine rings is 1. The van der Waals surface area contributed by atoms with E-state index in [1.165, 1.54) is 12.8 Å². The molecule has 0 saturated carbocycles. The predicted octanol–water partition coefficient (Wildman–Crippen LogP) is 0.179. The molecule has 0 aromatic carbocycles. The Morgan fingerprint density at radius 1 is 1.47 bits per heavy atom. The van der Waals surface area contributed by atoms with E-state index < -0.39 is 10.0 Å². The number of nitrogens with one attached hydrogen (secondary N) is 1. The van der Waals surface area contributed by atoms with E-state index in [1.54, 1.807) is 0 Å². The standard InChI is InChI=1S/C11H22N2O3S/c1-2-6-17(14,15)12-7-11-8-13-5-3-4-10(13)9-16-11/h10-12H,2-9H2,1H3. The fourth-order valence-electron chi connectivity index (χ4n) is 2.57. The quantitative estimate of drug-likeness (QED) is 0.768. The van der Waals surface area contributed by atoms with Crippen LogP contribution in [0.5, 0.6) is 0 Å². The summed E-state index contributed by atoms with van der Waals surface area (Å²) in [5, 5.41) is 0. The van der Waals surface area contributed by atoms with Crippen molar-refractivity contribution in [2.24, 2.45) is 0 Å². The summed E-state index contributed by atoms with van der Waals surface area (Å²) < 4.78 is 31.4. The first-order valence-electron chi connectivity index (χ1n) is 6.43. The van der Waals surface area contributed by atoms with E-state index in [4.69, 9.17) is 4.74 Å². The van der Waals surface area contributed by atoms with Crippen molar-refractivity contribution in [2.45, 2.75) is 38.3 Å². The summed E-state index contributed by atoms with van der Waals surface area (Å²) in [5.74, 6) is 0.200. The summed E-state index contributed by atoms with van der Waals surface area (Å²) in [7, 11) is -3.10. The number of ether oxygens (including phenoxy) is 1. The summed E-state index contributed by atoms with van der Waals surface area (Å²) in [6.45, 7) is 5.02. The minimum atomic E-state index is -3.10. The summed E-state index contributed by atoms with van der Waals surface area (Å²) >= 11 is 0. The Hall–Kier alpha value is -0.170. The highest BCUT2D eigenvalue weighted by molar-refractivity contribution is 7.89. The van der Waals surface area contributed by atoms with Gasteiger partial charge in [-0.15, -0.1) is 0 Å². The maximum atomic E-state index is 11.5. The Balaban J connectivity index is 1.77. The fraction of sp³-hybridized carbons (Fsp3) is 1.00. The summed E-state index contributed by atoms with van der Waals surface area (Å²) in [4.78, 5) is 2.42. The van der Waals surface area contributed by atoms with Gasteiger partial charge in [0.15, 0.2) is 0 Å². The van der Waals surface area contributed by atoms with Crippen LogP contribution in [0.25, 0.3) is 0 Å². The average molecular weight is 262 g/mol. The normalized spacial score (nSPS) is 30.4. The van der Waals surface area contributed by atoms with Crippen molar-refractivity contribution in [1.29, 1.82) is 0 Å². The molecule has 0 aliphatic carbocycles. The lowest BCUT2D eigenvalue weighted by atomic mass is 10.2. The fourth-order valence-corrected chi connectivity index (χ4v) is 3.69. The third-order valence-corrected chi connectivity index (χ3v) is 5.02. The number of hydrogen-bond acceptors (Lipinski definition) is 4. The molecule has 17 heavy (non-hydrogen) atoms. The highest BCUT2D eigenvalue weighted by atomic mass is 32.2. The zero-order chi connectivity index (χ0) is 12.3. The van der Waals surface area contributed by atoms with Crippen LogP contribution in [0.3, 0.4) is 0 Å². The second-order valence-corrected chi connectivity index (χ2v) is 6.84. The largest absolute Gasteiger partial charge is 0.374 e. The minimum absolute atomic E-state index is 0.0102. The van der Waals surface area contributed by atoms with Crippen molar-refractivity contribution in [3.05, 3.63) is 0 Å². The van der Waals surface area contributed by atoms with E-state index in [-0.39, 0.29) is 11.9 Å². The molecule has 5 nitrogen and oxygen atoms in total. The van der Waals surface area contributed by atoms with Crippen molar-refractivity contribution < 1.29 is 13.2 Å². The van der Waals surface area contributed by atoms with Crippen molar-refractivity contribution in [2.75, 3.05) is 32.0 Å². The number of hydrogen-bond donors (Lipinski definition) is 1. The zero-order valence-corrected chi connectivity index (χ0v) is 11.2. The second-order valence-electron chi connectivity index (χ2n) is 4.91. The third kappa shape index (κ3) is 3.64. The highest BCUT2D eigenvalue weighted by Gasteiger charge is 2.32. The van der Waals surface area contributed by atoms with E-state index in [9.17, 15) is 8.42 Å². The molecule has 0 aromatic heterocycles. The zero-order valence-electron chi connectivity index (χ0n) is 10.4. The number of sulfonamides is 1. The minimum Gasteiger partial charge on any atom is -0.374 e. The molecule has 1 N–H and O–H groups in total. The van der Waals surface area contributed by atoms with Gasteiger partial charge >= 0.3 is 0 Å². The van der Waals surface area contributed by atoms with Crippen molar-refractivity contribution in [3.63, 3.8) is 0 Å². The molecule has 0 aromatic rings. The molecular formula is C11H22N2O3S. The smallest absolute Gasteiger partial charge is 0.211 e. The predicted molar refractivity (Wildman–Crippen MR) is 66.4 cm³/mol. The van der Waals surface area contributed by atoms with Gasteiger partial charge in [0.1, 0.15) is 0 Å². The molecule has 2 rings (SSSR count). The van der Waals surface area contributed by atoms with Gasteiger partial charge in [-0.1, -0.05) is 6.92 Å². The molecule has 2 saturated heterocycles. The van der Waals surface area contributed by atoms with E-state index in [0.29, 0.717) is 19.0 Å². The monoisotopic (exact) mass is 262 g/mol. The molecule has 2 aliphatic rings. The molecule has 0 spiro atoms. The van der Waals surface area contributed by atoms with Crippen LogP contribution in [-0.4, -0.2) is 57.5 Å². The number of nitrogens with zero attached hydrogens (tertiary/aromatic N) is 1. The van der Waals surface area contributed by atoms with E-state index >= 15 is 0 Å². The van der Waals surface area contributed by atoms with Crippen molar-refractivity contribution in [3.8, 4) is 0 Å².